The fourth-order valence-electron chi connectivity index (χ4n) is 0.559. The second kappa shape index (κ2) is 2.31. The molecule has 0 saturated heterocycles. The van der Waals surface area contributed by atoms with Gasteiger partial charge >= 0.3 is 0 Å². The van der Waals surface area contributed by atoms with E-state index in [4.69, 9.17) is 5.73 Å². The van der Waals surface area contributed by atoms with Crippen LogP contribution in [0.4, 0.5) is 0 Å². The van der Waals surface area contributed by atoms with Crippen LogP contribution in [-0.2, 0) is 0 Å². The monoisotopic (exact) mass is 174 g/mol. The van der Waals surface area contributed by atoms with E-state index in [1.165, 1.54) is 0 Å². The summed E-state index contributed by atoms with van der Waals surface area (Å²) in [5, 5.41) is 0. The summed E-state index contributed by atoms with van der Waals surface area (Å²) in [5.41, 5.74) is 5.36. The van der Waals surface area contributed by atoms with E-state index >= 15 is 0 Å². The molecule has 0 aromatic rings. The van der Waals surface area contributed by atoms with Gasteiger partial charge < -0.3 is 5.73 Å². The van der Waals surface area contributed by atoms with Crippen LogP contribution in [0.1, 0.15) is 6.42 Å². The molecular formula is C5H7BrN2. The lowest BCUT2D eigenvalue weighted by Crippen LogP contribution is -2.13. The van der Waals surface area contributed by atoms with Gasteiger partial charge in [0.15, 0.2) is 0 Å². The minimum Gasteiger partial charge on any atom is -0.384 e. The molecule has 1 aliphatic rings. The highest BCUT2D eigenvalue weighted by Crippen LogP contribution is 2.10. The molecule has 8 heavy (non-hydrogen) atoms. The Kier molecular flexibility index (Phi) is 1.68. The first-order chi connectivity index (χ1) is 3.79. The third-order valence-corrected chi connectivity index (χ3v) is 1.49. The van der Waals surface area contributed by atoms with Gasteiger partial charge in [0.1, 0.15) is 10.8 Å². The molecule has 44 valence electrons. The van der Waals surface area contributed by atoms with Gasteiger partial charge in [-0.15, -0.1) is 0 Å². The van der Waals surface area contributed by atoms with Crippen molar-refractivity contribution in [2.75, 3.05) is 0 Å². The fourth-order valence-corrected chi connectivity index (χ4v) is 1.01. The van der Waals surface area contributed by atoms with E-state index in [-0.39, 0.29) is 4.95 Å². The number of nitrogens with two attached hydrogens (primary N) is 1. The topological polar surface area (TPSA) is 38.4 Å². The van der Waals surface area contributed by atoms with Crippen molar-refractivity contribution >= 4 is 21.8 Å². The SMILES string of the molecule is NC1=NC(Br)CC=C1. The summed E-state index contributed by atoms with van der Waals surface area (Å²) in [6.45, 7) is 0. The van der Waals surface area contributed by atoms with Crippen molar-refractivity contribution in [1.82, 2.24) is 0 Å². The van der Waals surface area contributed by atoms with Crippen LogP contribution in [0.2, 0.25) is 0 Å². The molecule has 0 spiro atoms. The van der Waals surface area contributed by atoms with Crippen molar-refractivity contribution in [2.45, 2.75) is 11.4 Å². The zero-order valence-corrected chi connectivity index (χ0v) is 5.93. The van der Waals surface area contributed by atoms with Crippen LogP contribution in [-0.4, -0.2) is 10.8 Å². The summed E-state index contributed by atoms with van der Waals surface area (Å²) >= 11 is 3.31. The van der Waals surface area contributed by atoms with Gasteiger partial charge in [0.05, 0.1) is 0 Å². The molecule has 0 aromatic heterocycles. The molecule has 2 nitrogen and oxygen atoms in total. The average Bonchev–Trinajstić information content (AvgIpc) is 1.64. The van der Waals surface area contributed by atoms with Gasteiger partial charge in [0.25, 0.3) is 0 Å². The van der Waals surface area contributed by atoms with Gasteiger partial charge in [0, 0.05) is 0 Å². The minimum absolute atomic E-state index is 0.201. The highest BCUT2D eigenvalue weighted by atomic mass is 79.9. The highest BCUT2D eigenvalue weighted by Gasteiger charge is 2.01. The zero-order chi connectivity index (χ0) is 5.98. The van der Waals surface area contributed by atoms with Crippen LogP contribution in [0.3, 0.4) is 0 Å². The highest BCUT2D eigenvalue weighted by molar-refractivity contribution is 9.09. The Balaban J connectivity index is 2.63. The van der Waals surface area contributed by atoms with E-state index in [9.17, 15) is 0 Å². The summed E-state index contributed by atoms with van der Waals surface area (Å²) in [5.74, 6) is 0.609. The molecule has 1 unspecified atom stereocenters. The average molecular weight is 175 g/mol. The largest absolute Gasteiger partial charge is 0.384 e. The lowest BCUT2D eigenvalue weighted by molar-refractivity contribution is 0.936. The first-order valence-corrected chi connectivity index (χ1v) is 3.34. The number of alkyl halides is 1. The van der Waals surface area contributed by atoms with Crippen LogP contribution in [0.25, 0.3) is 0 Å². The van der Waals surface area contributed by atoms with E-state index < -0.39 is 0 Å². The molecule has 1 heterocycles. The van der Waals surface area contributed by atoms with Gasteiger partial charge in [-0.2, -0.15) is 0 Å². The number of dihydropyridines is 1. The van der Waals surface area contributed by atoms with Crippen molar-refractivity contribution in [3.63, 3.8) is 0 Å². The Morgan fingerprint density at radius 2 is 2.62 bits per heavy atom. The van der Waals surface area contributed by atoms with Gasteiger partial charge in [-0.25, -0.2) is 0 Å². The third-order valence-electron chi connectivity index (χ3n) is 0.908. The van der Waals surface area contributed by atoms with Crippen LogP contribution in [0, 0.1) is 0 Å². The second-order valence-electron chi connectivity index (χ2n) is 1.63. The maximum atomic E-state index is 5.36. The maximum absolute atomic E-state index is 5.36. The Morgan fingerprint density at radius 3 is 3.00 bits per heavy atom. The summed E-state index contributed by atoms with van der Waals surface area (Å²) in [6, 6.07) is 0. The zero-order valence-electron chi connectivity index (χ0n) is 4.34. The summed E-state index contributed by atoms with van der Waals surface area (Å²) in [7, 11) is 0. The van der Waals surface area contributed by atoms with Crippen LogP contribution in [0.15, 0.2) is 17.1 Å². The molecular weight excluding hydrogens is 168 g/mol. The Labute approximate surface area is 56.6 Å². The van der Waals surface area contributed by atoms with Crippen molar-refractivity contribution in [3.8, 4) is 0 Å². The van der Waals surface area contributed by atoms with Gasteiger partial charge in [-0.1, -0.05) is 22.0 Å². The number of nitrogens with zero attached hydrogens (tertiary/aromatic N) is 1. The number of aliphatic imine (C=N–C) groups is 1. The van der Waals surface area contributed by atoms with Crippen LogP contribution in [0.5, 0.6) is 0 Å². The van der Waals surface area contributed by atoms with E-state index in [0.29, 0.717) is 5.84 Å². The molecule has 1 rings (SSSR count). The number of hydrogen-bond donors (Lipinski definition) is 1. The molecule has 1 atom stereocenters. The molecule has 2 N–H and O–H groups in total. The van der Waals surface area contributed by atoms with E-state index in [1.807, 2.05) is 12.2 Å². The quantitative estimate of drug-likeness (QED) is 0.433. The molecule has 1 aliphatic heterocycles. The predicted molar refractivity (Wildman–Crippen MR) is 38.1 cm³/mol. The van der Waals surface area contributed by atoms with Crippen molar-refractivity contribution in [1.29, 1.82) is 0 Å². The van der Waals surface area contributed by atoms with Crippen LogP contribution < -0.4 is 5.73 Å². The van der Waals surface area contributed by atoms with Gasteiger partial charge in [-0.05, 0) is 12.5 Å². The molecule has 0 amide bonds. The maximum Gasteiger partial charge on any atom is 0.119 e. The first kappa shape index (κ1) is 5.82. The Hall–Kier alpha value is -0.310. The number of amidine groups is 1. The van der Waals surface area contributed by atoms with E-state index in [2.05, 4.69) is 20.9 Å². The Morgan fingerprint density at radius 1 is 1.88 bits per heavy atom. The van der Waals surface area contributed by atoms with Crippen molar-refractivity contribution in [3.05, 3.63) is 12.2 Å². The third kappa shape index (κ3) is 1.33. The molecule has 0 aromatic carbocycles. The summed E-state index contributed by atoms with van der Waals surface area (Å²) < 4.78 is 0. The minimum atomic E-state index is 0.201. The fraction of sp³-hybridized carbons (Fsp3) is 0.400. The number of halogens is 1. The van der Waals surface area contributed by atoms with E-state index in [1.54, 1.807) is 0 Å². The van der Waals surface area contributed by atoms with Gasteiger partial charge in [-0.3, -0.25) is 4.99 Å². The predicted octanol–water partition coefficient (Wildman–Crippen LogP) is 1.02. The number of hydrogen-bond acceptors (Lipinski definition) is 2. The smallest absolute Gasteiger partial charge is 0.119 e. The number of rotatable bonds is 0. The summed E-state index contributed by atoms with van der Waals surface area (Å²) in [4.78, 5) is 4.21. The van der Waals surface area contributed by atoms with E-state index in [0.717, 1.165) is 6.42 Å². The first-order valence-electron chi connectivity index (χ1n) is 2.43. The lowest BCUT2D eigenvalue weighted by Gasteiger charge is -2.05. The van der Waals surface area contributed by atoms with Crippen molar-refractivity contribution < 1.29 is 0 Å². The molecule has 3 heteroatoms. The molecule has 0 saturated carbocycles. The lowest BCUT2D eigenvalue weighted by atomic mass is 10.3. The van der Waals surface area contributed by atoms with Crippen molar-refractivity contribution in [2.24, 2.45) is 10.7 Å². The summed E-state index contributed by atoms with van der Waals surface area (Å²) in [6.07, 6.45) is 4.76. The standard InChI is InChI=1S/C5H7BrN2/c6-4-2-1-3-5(7)8-4/h1,3-4H,2H2,(H2,7,8). The van der Waals surface area contributed by atoms with Gasteiger partial charge in [0.2, 0.25) is 0 Å². The normalized spacial score (nSPS) is 27.6. The molecule has 0 aliphatic carbocycles. The second-order valence-corrected chi connectivity index (χ2v) is 2.68. The molecule has 0 fully saturated rings. The van der Waals surface area contributed by atoms with Crippen LogP contribution >= 0.6 is 15.9 Å². The molecule has 0 radical (unpaired) electrons. The Bertz CT molecular complexity index is 139. The molecule has 0 bridgehead atoms.